The van der Waals surface area contributed by atoms with Gasteiger partial charge in [0.1, 0.15) is 0 Å². The largest absolute Gasteiger partial charge is 0.368 e. The molecule has 0 aliphatic carbocycles. The summed E-state index contributed by atoms with van der Waals surface area (Å²) in [5.41, 5.74) is 12.7. The molecule has 0 aliphatic heterocycles. The Labute approximate surface area is 98.4 Å². The van der Waals surface area contributed by atoms with E-state index in [0.717, 1.165) is 11.3 Å². The molecule has 0 bridgehead atoms. The number of para-hydroxylation sites is 1. The van der Waals surface area contributed by atoms with E-state index in [4.69, 9.17) is 11.5 Å². The fourth-order valence-electron chi connectivity index (χ4n) is 1.37. The van der Waals surface area contributed by atoms with Gasteiger partial charge in [0.25, 0.3) is 0 Å². The summed E-state index contributed by atoms with van der Waals surface area (Å²) in [6.07, 6.45) is 1.73. The molecule has 1 aromatic heterocycles. The molecule has 0 unspecified atom stereocenters. The Morgan fingerprint density at radius 1 is 1.06 bits per heavy atom. The van der Waals surface area contributed by atoms with Gasteiger partial charge in [0.05, 0.1) is 0 Å². The second kappa shape index (κ2) is 4.48. The van der Waals surface area contributed by atoms with Crippen molar-refractivity contribution >= 4 is 29.6 Å². The van der Waals surface area contributed by atoms with Crippen molar-refractivity contribution in [2.75, 3.05) is 16.8 Å². The highest BCUT2D eigenvalue weighted by Crippen LogP contribution is 2.19. The quantitative estimate of drug-likeness (QED) is 0.734. The summed E-state index contributed by atoms with van der Waals surface area (Å²) >= 11 is 0. The van der Waals surface area contributed by atoms with Gasteiger partial charge in [0.15, 0.2) is 0 Å². The Morgan fingerprint density at radius 3 is 2.35 bits per heavy atom. The summed E-state index contributed by atoms with van der Waals surface area (Å²) in [6, 6.07) is 7.61. The highest BCUT2D eigenvalue weighted by atomic mass is 15.2. The van der Waals surface area contributed by atoms with E-state index in [2.05, 4.69) is 26.8 Å². The Kier molecular flexibility index (Phi) is 2.87. The minimum Gasteiger partial charge on any atom is -0.368 e. The molecule has 2 rings (SSSR count). The van der Waals surface area contributed by atoms with E-state index >= 15 is 0 Å². The second-order valence-electron chi connectivity index (χ2n) is 3.29. The molecule has 1 heterocycles. The van der Waals surface area contributed by atoms with E-state index < -0.39 is 0 Å². The van der Waals surface area contributed by atoms with Crippen LogP contribution in [0.15, 0.2) is 30.8 Å². The second-order valence-corrected chi connectivity index (χ2v) is 3.29. The lowest BCUT2D eigenvalue weighted by Gasteiger charge is -2.08. The van der Waals surface area contributed by atoms with E-state index in [-0.39, 0.29) is 11.9 Å². The molecule has 0 amide bonds. The van der Waals surface area contributed by atoms with Crippen LogP contribution in [-0.4, -0.2) is 15.0 Å². The van der Waals surface area contributed by atoms with Crippen LogP contribution in [0.1, 0.15) is 5.56 Å². The maximum atomic E-state index is 5.48. The first-order valence-corrected chi connectivity index (χ1v) is 4.94. The number of hydrogen-bond donors (Lipinski definition) is 3. The maximum absolute atomic E-state index is 5.48. The lowest BCUT2D eigenvalue weighted by molar-refractivity contribution is 1.08. The Balaban J connectivity index is 2.34. The van der Waals surface area contributed by atoms with E-state index in [1.54, 1.807) is 6.08 Å². The van der Waals surface area contributed by atoms with E-state index in [1.165, 1.54) is 0 Å². The van der Waals surface area contributed by atoms with Gasteiger partial charge >= 0.3 is 0 Å². The van der Waals surface area contributed by atoms with Crippen LogP contribution in [0.5, 0.6) is 0 Å². The summed E-state index contributed by atoms with van der Waals surface area (Å²) in [6.45, 7) is 3.73. The van der Waals surface area contributed by atoms with Gasteiger partial charge in [-0.2, -0.15) is 15.0 Å². The van der Waals surface area contributed by atoms with Crippen molar-refractivity contribution in [3.8, 4) is 0 Å². The Bertz CT molecular complexity index is 531. The molecule has 0 radical (unpaired) electrons. The number of benzene rings is 1. The number of nitrogens with two attached hydrogens (primary N) is 2. The molecule has 5 N–H and O–H groups in total. The van der Waals surface area contributed by atoms with Crippen LogP contribution >= 0.6 is 0 Å². The zero-order valence-electron chi connectivity index (χ0n) is 9.09. The molecule has 0 saturated carbocycles. The molecule has 0 saturated heterocycles. The Morgan fingerprint density at radius 2 is 1.71 bits per heavy atom. The number of nitrogens with zero attached hydrogens (tertiary/aromatic N) is 3. The molecule has 17 heavy (non-hydrogen) atoms. The van der Waals surface area contributed by atoms with Gasteiger partial charge in [0.2, 0.25) is 17.8 Å². The molecule has 86 valence electrons. The van der Waals surface area contributed by atoms with Gasteiger partial charge in [-0.3, -0.25) is 0 Å². The lowest BCUT2D eigenvalue weighted by atomic mass is 10.2. The fraction of sp³-hybridized carbons (Fsp3) is 0. The zero-order chi connectivity index (χ0) is 12.3. The maximum Gasteiger partial charge on any atom is 0.233 e. The first-order chi connectivity index (χ1) is 8.19. The molecule has 0 spiro atoms. The average Bonchev–Trinajstić information content (AvgIpc) is 2.28. The minimum absolute atomic E-state index is 0.0797. The van der Waals surface area contributed by atoms with Gasteiger partial charge in [-0.15, -0.1) is 0 Å². The van der Waals surface area contributed by atoms with Gasteiger partial charge in [0, 0.05) is 5.69 Å². The Hall–Kier alpha value is -2.63. The standard InChI is InChI=1S/C11H12N6/c1-2-7-5-3-4-6-8(7)14-11-16-9(12)15-10(13)17-11/h2-6H,1H2,(H5,12,13,14,15,16,17). The fourth-order valence-corrected chi connectivity index (χ4v) is 1.37. The first kappa shape index (κ1) is 10.9. The average molecular weight is 228 g/mol. The summed E-state index contributed by atoms with van der Waals surface area (Å²) in [5.74, 6) is 0.469. The van der Waals surface area contributed by atoms with Crippen LogP contribution in [0.25, 0.3) is 6.08 Å². The zero-order valence-corrected chi connectivity index (χ0v) is 9.09. The predicted octanol–water partition coefficient (Wildman–Crippen LogP) is 1.42. The number of hydrogen-bond acceptors (Lipinski definition) is 6. The summed E-state index contributed by atoms with van der Waals surface area (Å²) in [7, 11) is 0. The molecule has 0 aliphatic rings. The van der Waals surface area contributed by atoms with Crippen molar-refractivity contribution < 1.29 is 0 Å². The third-order valence-electron chi connectivity index (χ3n) is 2.10. The van der Waals surface area contributed by atoms with Crippen LogP contribution in [-0.2, 0) is 0 Å². The van der Waals surface area contributed by atoms with Gasteiger partial charge in [-0.25, -0.2) is 0 Å². The van der Waals surface area contributed by atoms with Crippen molar-refractivity contribution in [3.63, 3.8) is 0 Å². The summed E-state index contributed by atoms with van der Waals surface area (Å²) < 4.78 is 0. The number of anilines is 4. The number of rotatable bonds is 3. The van der Waals surface area contributed by atoms with Gasteiger partial charge in [-0.1, -0.05) is 30.9 Å². The lowest BCUT2D eigenvalue weighted by Crippen LogP contribution is -2.06. The molecular weight excluding hydrogens is 216 g/mol. The van der Waals surface area contributed by atoms with Crippen LogP contribution in [0.3, 0.4) is 0 Å². The van der Waals surface area contributed by atoms with E-state index in [1.807, 2.05) is 24.3 Å². The first-order valence-electron chi connectivity index (χ1n) is 4.94. The van der Waals surface area contributed by atoms with Crippen molar-refractivity contribution in [3.05, 3.63) is 36.4 Å². The topological polar surface area (TPSA) is 103 Å². The number of nitrogens with one attached hydrogen (secondary N) is 1. The van der Waals surface area contributed by atoms with Crippen molar-refractivity contribution in [1.82, 2.24) is 15.0 Å². The van der Waals surface area contributed by atoms with Crippen molar-refractivity contribution in [1.29, 1.82) is 0 Å². The van der Waals surface area contributed by atoms with Gasteiger partial charge < -0.3 is 16.8 Å². The summed E-state index contributed by atoms with van der Waals surface area (Å²) in [4.78, 5) is 11.6. The smallest absolute Gasteiger partial charge is 0.233 e. The summed E-state index contributed by atoms with van der Waals surface area (Å²) in [5, 5.41) is 3.01. The van der Waals surface area contributed by atoms with Crippen molar-refractivity contribution in [2.24, 2.45) is 0 Å². The van der Waals surface area contributed by atoms with Crippen LogP contribution < -0.4 is 16.8 Å². The molecular formula is C11H12N6. The molecule has 1 aromatic carbocycles. The molecule has 0 atom stereocenters. The van der Waals surface area contributed by atoms with Gasteiger partial charge in [-0.05, 0) is 11.6 Å². The third-order valence-corrected chi connectivity index (χ3v) is 2.10. The molecule has 6 nitrogen and oxygen atoms in total. The monoisotopic (exact) mass is 228 g/mol. The number of aromatic nitrogens is 3. The SMILES string of the molecule is C=Cc1ccccc1Nc1nc(N)nc(N)n1. The van der Waals surface area contributed by atoms with Crippen molar-refractivity contribution in [2.45, 2.75) is 0 Å². The molecule has 0 fully saturated rings. The third kappa shape index (κ3) is 2.49. The highest BCUT2D eigenvalue weighted by molar-refractivity contribution is 5.69. The van der Waals surface area contributed by atoms with Crippen LogP contribution in [0, 0.1) is 0 Å². The van der Waals surface area contributed by atoms with E-state index in [0.29, 0.717) is 5.95 Å². The normalized spacial score (nSPS) is 9.88. The molecule has 6 heteroatoms. The molecule has 2 aromatic rings. The number of nitrogen functional groups attached to an aromatic ring is 2. The minimum atomic E-state index is 0.0797. The van der Waals surface area contributed by atoms with Crippen LogP contribution in [0.4, 0.5) is 23.5 Å². The van der Waals surface area contributed by atoms with Crippen LogP contribution in [0.2, 0.25) is 0 Å². The van der Waals surface area contributed by atoms with E-state index in [9.17, 15) is 0 Å². The highest BCUT2D eigenvalue weighted by Gasteiger charge is 2.04. The predicted molar refractivity (Wildman–Crippen MR) is 68.5 cm³/mol.